The molecule has 7 nitrogen and oxygen atoms in total. The van der Waals surface area contributed by atoms with Crippen molar-refractivity contribution in [2.75, 3.05) is 0 Å². The molecule has 1 N–H and O–H groups in total. The number of likely N-dealkylation sites (tertiary alicyclic amines) is 1. The van der Waals surface area contributed by atoms with E-state index in [2.05, 4.69) is 0 Å². The number of rotatable bonds is 6. The van der Waals surface area contributed by atoms with Crippen molar-refractivity contribution in [1.82, 2.24) is 4.90 Å². The lowest BCUT2D eigenvalue weighted by molar-refractivity contribution is -0.385. The molecule has 3 unspecified atom stereocenters. The van der Waals surface area contributed by atoms with Crippen LogP contribution in [0.25, 0.3) is 0 Å². The van der Waals surface area contributed by atoms with E-state index in [1.165, 1.54) is 12.1 Å². The molecule has 2 aliphatic rings. The quantitative estimate of drug-likeness (QED) is 0.614. The number of non-ortho nitro benzene ring substituents is 1. The van der Waals surface area contributed by atoms with Gasteiger partial charge < -0.3 is 9.84 Å². The van der Waals surface area contributed by atoms with Gasteiger partial charge >= 0.3 is 5.97 Å². The van der Waals surface area contributed by atoms with Crippen LogP contribution in [0.2, 0.25) is 0 Å². The molecule has 1 aromatic rings. The summed E-state index contributed by atoms with van der Waals surface area (Å²) < 4.78 is 5.83. The topological polar surface area (TPSA) is 92.9 Å². The Hall–Kier alpha value is -2.15. The highest BCUT2D eigenvalue weighted by molar-refractivity contribution is 5.74. The van der Waals surface area contributed by atoms with E-state index in [0.717, 1.165) is 25.7 Å². The zero-order chi connectivity index (χ0) is 18.8. The monoisotopic (exact) mass is 362 g/mol. The van der Waals surface area contributed by atoms with Crippen LogP contribution in [0.5, 0.6) is 5.75 Å². The molecule has 1 aliphatic carbocycles. The van der Waals surface area contributed by atoms with E-state index in [1.807, 2.05) is 18.7 Å². The molecule has 1 heterocycles. The van der Waals surface area contributed by atoms with Gasteiger partial charge in [-0.25, -0.2) is 0 Å². The number of carbonyl (C=O) groups is 1. The molecular weight excluding hydrogens is 336 g/mol. The molecule has 1 aliphatic heterocycles. The predicted octanol–water partition coefficient (Wildman–Crippen LogP) is 3.60. The van der Waals surface area contributed by atoms with Gasteiger partial charge in [0.2, 0.25) is 0 Å². The van der Waals surface area contributed by atoms with Crippen LogP contribution in [0.1, 0.15) is 51.5 Å². The summed E-state index contributed by atoms with van der Waals surface area (Å²) in [7, 11) is 0. The Bertz CT molecular complexity index is 691. The van der Waals surface area contributed by atoms with Crippen LogP contribution < -0.4 is 4.74 Å². The van der Waals surface area contributed by atoms with Gasteiger partial charge in [0.15, 0.2) is 0 Å². The number of nitro benzene ring substituents is 1. The standard InChI is InChI=1S/C19H26N2O5/c1-12(2)26-18-8-7-15(21(24)25)9-14(18)11-20-16-6-4-3-5-13(16)10-17(20)19(22)23/h7-9,12-13,16-17H,3-6,10-11H2,1-2H3,(H,22,23). The van der Waals surface area contributed by atoms with Gasteiger partial charge in [-0.1, -0.05) is 12.8 Å². The van der Waals surface area contributed by atoms with Gasteiger partial charge in [0.1, 0.15) is 11.8 Å². The Balaban J connectivity index is 1.92. The largest absolute Gasteiger partial charge is 0.491 e. The first-order chi connectivity index (χ1) is 12.4. The fraction of sp³-hybridized carbons (Fsp3) is 0.632. The molecule has 2 fully saturated rings. The number of carboxylic acids is 1. The lowest BCUT2D eigenvalue weighted by Crippen LogP contribution is -2.41. The summed E-state index contributed by atoms with van der Waals surface area (Å²) in [5, 5.41) is 20.9. The van der Waals surface area contributed by atoms with Gasteiger partial charge in [-0.2, -0.15) is 0 Å². The number of fused-ring (bicyclic) bond motifs is 1. The lowest BCUT2D eigenvalue weighted by atomic mass is 9.84. The maximum atomic E-state index is 11.8. The molecule has 3 rings (SSSR count). The zero-order valence-corrected chi connectivity index (χ0v) is 15.3. The van der Waals surface area contributed by atoms with Crippen LogP contribution in [0, 0.1) is 16.0 Å². The van der Waals surface area contributed by atoms with Gasteiger partial charge in [-0.15, -0.1) is 0 Å². The van der Waals surface area contributed by atoms with Crippen molar-refractivity contribution in [2.24, 2.45) is 5.92 Å². The van der Waals surface area contributed by atoms with Gasteiger partial charge in [-0.3, -0.25) is 19.8 Å². The summed E-state index contributed by atoms with van der Waals surface area (Å²) in [4.78, 5) is 24.6. The first-order valence-electron chi connectivity index (χ1n) is 9.29. The Morgan fingerprint density at radius 2 is 2.12 bits per heavy atom. The lowest BCUT2D eigenvalue weighted by Gasteiger charge is -2.33. The average Bonchev–Trinajstić information content (AvgIpc) is 2.95. The van der Waals surface area contributed by atoms with Crippen LogP contribution >= 0.6 is 0 Å². The van der Waals surface area contributed by atoms with Gasteiger partial charge in [-0.05, 0) is 45.1 Å². The van der Waals surface area contributed by atoms with E-state index in [1.54, 1.807) is 6.07 Å². The average molecular weight is 362 g/mol. The number of hydrogen-bond donors (Lipinski definition) is 1. The highest BCUT2D eigenvalue weighted by Crippen LogP contribution is 2.41. The fourth-order valence-electron chi connectivity index (χ4n) is 4.39. The van der Waals surface area contributed by atoms with Gasteiger partial charge in [0.05, 0.1) is 11.0 Å². The Labute approximate surface area is 153 Å². The molecule has 26 heavy (non-hydrogen) atoms. The van der Waals surface area contributed by atoms with E-state index in [0.29, 0.717) is 30.2 Å². The maximum Gasteiger partial charge on any atom is 0.320 e. The number of carboxylic acid groups (broad SMARTS) is 1. The smallest absolute Gasteiger partial charge is 0.320 e. The van der Waals surface area contributed by atoms with Crippen molar-refractivity contribution < 1.29 is 19.6 Å². The second-order valence-electron chi connectivity index (χ2n) is 7.59. The van der Waals surface area contributed by atoms with E-state index in [-0.39, 0.29) is 17.8 Å². The van der Waals surface area contributed by atoms with Crippen LogP contribution in [-0.2, 0) is 11.3 Å². The van der Waals surface area contributed by atoms with Crippen molar-refractivity contribution in [1.29, 1.82) is 0 Å². The molecule has 0 radical (unpaired) electrons. The summed E-state index contributed by atoms with van der Waals surface area (Å²) in [6.07, 6.45) is 4.91. The molecule has 1 aromatic carbocycles. The number of nitrogens with zero attached hydrogens (tertiary/aromatic N) is 2. The van der Waals surface area contributed by atoms with Gasteiger partial charge in [0, 0.05) is 30.3 Å². The van der Waals surface area contributed by atoms with Crippen molar-refractivity contribution in [3.05, 3.63) is 33.9 Å². The maximum absolute atomic E-state index is 11.8. The Kier molecular flexibility index (Phi) is 5.46. The summed E-state index contributed by atoms with van der Waals surface area (Å²) in [6.45, 7) is 4.17. The second kappa shape index (κ2) is 7.61. The Morgan fingerprint density at radius 1 is 1.38 bits per heavy atom. The number of hydrogen-bond acceptors (Lipinski definition) is 5. The van der Waals surface area contributed by atoms with Gasteiger partial charge in [0.25, 0.3) is 5.69 Å². The normalized spacial score (nSPS) is 25.9. The fourth-order valence-corrected chi connectivity index (χ4v) is 4.39. The Morgan fingerprint density at radius 3 is 2.77 bits per heavy atom. The zero-order valence-electron chi connectivity index (χ0n) is 15.3. The first-order valence-corrected chi connectivity index (χ1v) is 9.29. The van der Waals surface area contributed by atoms with Crippen LogP contribution in [0.15, 0.2) is 18.2 Å². The summed E-state index contributed by atoms with van der Waals surface area (Å²) >= 11 is 0. The third-order valence-corrected chi connectivity index (χ3v) is 5.48. The molecule has 1 saturated heterocycles. The third-order valence-electron chi connectivity index (χ3n) is 5.48. The summed E-state index contributed by atoms with van der Waals surface area (Å²) in [5.41, 5.74) is 0.688. The van der Waals surface area contributed by atoms with Crippen molar-refractivity contribution >= 4 is 11.7 Å². The SMILES string of the molecule is CC(C)Oc1ccc([N+](=O)[O-])cc1CN1C(C(=O)O)CC2CCCCC21. The third kappa shape index (κ3) is 3.82. The molecule has 3 atom stereocenters. The molecule has 0 amide bonds. The molecule has 1 saturated carbocycles. The van der Waals surface area contributed by atoms with Crippen LogP contribution in [0.4, 0.5) is 5.69 Å². The van der Waals surface area contributed by atoms with E-state index in [9.17, 15) is 20.0 Å². The highest BCUT2D eigenvalue weighted by atomic mass is 16.6. The number of aliphatic carboxylic acids is 1. The number of nitro groups is 1. The first kappa shape index (κ1) is 18.6. The van der Waals surface area contributed by atoms with Crippen molar-refractivity contribution in [3.63, 3.8) is 0 Å². The molecular formula is C19H26N2O5. The molecule has 7 heteroatoms. The minimum Gasteiger partial charge on any atom is -0.491 e. The number of ether oxygens (including phenoxy) is 1. The summed E-state index contributed by atoms with van der Waals surface area (Å²) in [6, 6.07) is 4.28. The molecule has 142 valence electrons. The van der Waals surface area contributed by atoms with E-state index < -0.39 is 16.9 Å². The minimum atomic E-state index is -0.809. The summed E-state index contributed by atoms with van der Waals surface area (Å²) in [5.74, 6) is 0.183. The van der Waals surface area contributed by atoms with Crippen LogP contribution in [0.3, 0.4) is 0 Å². The molecule has 0 aromatic heterocycles. The minimum absolute atomic E-state index is 0.00220. The van der Waals surface area contributed by atoms with Crippen LogP contribution in [-0.4, -0.2) is 39.1 Å². The predicted molar refractivity (Wildman–Crippen MR) is 96.2 cm³/mol. The second-order valence-corrected chi connectivity index (χ2v) is 7.59. The molecule has 0 bridgehead atoms. The van der Waals surface area contributed by atoms with E-state index in [4.69, 9.17) is 4.74 Å². The highest BCUT2D eigenvalue weighted by Gasteiger charge is 2.45. The van der Waals surface area contributed by atoms with E-state index >= 15 is 0 Å². The van der Waals surface area contributed by atoms with Crippen molar-refractivity contribution in [2.45, 2.75) is 70.7 Å². The number of benzene rings is 1. The van der Waals surface area contributed by atoms with Crippen molar-refractivity contribution in [3.8, 4) is 5.75 Å². The molecule has 0 spiro atoms.